The van der Waals surface area contributed by atoms with E-state index in [1.807, 2.05) is 13.2 Å². The average Bonchev–Trinajstić information content (AvgIpc) is 2.75. The fraction of sp³-hybridized carbons (Fsp3) is 0.727. The summed E-state index contributed by atoms with van der Waals surface area (Å²) in [6, 6.07) is 4.31. The highest BCUT2D eigenvalue weighted by atomic mass is 127. The Morgan fingerprint density at radius 3 is 2.47 bits per heavy atom. The van der Waals surface area contributed by atoms with Gasteiger partial charge in [-0.25, -0.2) is 4.98 Å². The first-order valence-corrected chi connectivity index (χ1v) is 10.9. The molecule has 0 saturated carbocycles. The lowest BCUT2D eigenvalue weighted by Gasteiger charge is -2.41. The van der Waals surface area contributed by atoms with Crippen LogP contribution in [0.1, 0.15) is 39.2 Å². The van der Waals surface area contributed by atoms with Crippen molar-refractivity contribution in [2.24, 2.45) is 10.9 Å². The highest BCUT2D eigenvalue weighted by Crippen LogP contribution is 2.21. The summed E-state index contributed by atoms with van der Waals surface area (Å²) in [6.45, 7) is 14.2. The molecule has 2 aliphatic heterocycles. The molecule has 7 nitrogen and oxygen atoms in total. The molecule has 0 spiro atoms. The van der Waals surface area contributed by atoms with Crippen LogP contribution in [0.4, 0.5) is 5.82 Å². The minimum Gasteiger partial charge on any atom is -0.379 e. The van der Waals surface area contributed by atoms with Crippen LogP contribution in [0.3, 0.4) is 0 Å². The number of anilines is 1. The summed E-state index contributed by atoms with van der Waals surface area (Å²) in [5, 5.41) is 6.88. The van der Waals surface area contributed by atoms with Crippen LogP contribution in [0.5, 0.6) is 0 Å². The highest BCUT2D eigenvalue weighted by Gasteiger charge is 2.28. The molecule has 0 atom stereocenters. The lowest BCUT2D eigenvalue weighted by molar-refractivity contribution is -0.00834. The van der Waals surface area contributed by atoms with E-state index in [0.29, 0.717) is 6.54 Å². The van der Waals surface area contributed by atoms with E-state index < -0.39 is 0 Å². The number of nitrogens with one attached hydrogen (secondary N) is 2. The summed E-state index contributed by atoms with van der Waals surface area (Å²) in [5.74, 6) is 2.75. The molecule has 2 aliphatic rings. The van der Waals surface area contributed by atoms with E-state index in [1.54, 1.807) is 0 Å². The second-order valence-electron chi connectivity index (χ2n) is 8.89. The number of piperidine rings is 1. The largest absolute Gasteiger partial charge is 0.379 e. The van der Waals surface area contributed by atoms with E-state index in [2.05, 4.69) is 63.3 Å². The van der Waals surface area contributed by atoms with Gasteiger partial charge in [-0.3, -0.25) is 9.89 Å². The molecule has 170 valence electrons. The number of halogens is 1. The Hall–Kier alpha value is -1.13. The molecule has 0 bridgehead atoms. The molecule has 0 aromatic carbocycles. The lowest BCUT2D eigenvalue weighted by Crippen LogP contribution is -2.56. The van der Waals surface area contributed by atoms with E-state index >= 15 is 0 Å². The molecule has 2 saturated heterocycles. The summed E-state index contributed by atoms with van der Waals surface area (Å²) in [7, 11) is 1.82. The van der Waals surface area contributed by atoms with Gasteiger partial charge in [0, 0.05) is 58.1 Å². The van der Waals surface area contributed by atoms with Crippen LogP contribution in [0.25, 0.3) is 0 Å². The van der Waals surface area contributed by atoms with E-state index in [4.69, 9.17) is 4.74 Å². The van der Waals surface area contributed by atoms with Gasteiger partial charge in [-0.2, -0.15) is 0 Å². The van der Waals surface area contributed by atoms with Gasteiger partial charge in [0.25, 0.3) is 0 Å². The first-order chi connectivity index (χ1) is 14.0. The van der Waals surface area contributed by atoms with Gasteiger partial charge >= 0.3 is 0 Å². The van der Waals surface area contributed by atoms with E-state index in [0.717, 1.165) is 69.2 Å². The number of ether oxygens (including phenoxy) is 1. The number of nitrogens with zero attached hydrogens (tertiary/aromatic N) is 4. The van der Waals surface area contributed by atoms with E-state index in [-0.39, 0.29) is 29.5 Å². The predicted octanol–water partition coefficient (Wildman–Crippen LogP) is 2.71. The van der Waals surface area contributed by atoms with Crippen molar-refractivity contribution >= 4 is 35.8 Å². The topological polar surface area (TPSA) is 65.0 Å². The maximum Gasteiger partial charge on any atom is 0.191 e. The minimum absolute atomic E-state index is 0. The smallest absolute Gasteiger partial charge is 0.191 e. The summed E-state index contributed by atoms with van der Waals surface area (Å²) < 4.78 is 5.47. The third kappa shape index (κ3) is 7.23. The third-order valence-electron chi connectivity index (χ3n) is 6.16. The molecule has 2 N–H and O–H groups in total. The van der Waals surface area contributed by atoms with Crippen molar-refractivity contribution in [3.63, 3.8) is 0 Å². The van der Waals surface area contributed by atoms with Gasteiger partial charge in [0.15, 0.2) is 5.96 Å². The first-order valence-electron chi connectivity index (χ1n) is 10.9. The summed E-state index contributed by atoms with van der Waals surface area (Å²) in [5.41, 5.74) is 1.21. The second kappa shape index (κ2) is 12.0. The zero-order chi connectivity index (χ0) is 20.7. The molecule has 30 heavy (non-hydrogen) atoms. The van der Waals surface area contributed by atoms with Gasteiger partial charge in [0.1, 0.15) is 5.82 Å². The molecule has 0 radical (unpaired) electrons. The number of aliphatic imine (C=N–C) groups is 1. The molecule has 1 aromatic rings. The van der Waals surface area contributed by atoms with Crippen molar-refractivity contribution in [1.82, 2.24) is 20.5 Å². The Bertz CT molecular complexity index is 652. The normalized spacial score (nSPS) is 19.3. The zero-order valence-corrected chi connectivity index (χ0v) is 21.3. The monoisotopic (exact) mass is 530 g/mol. The minimum atomic E-state index is 0. The number of pyridine rings is 1. The fourth-order valence-corrected chi connectivity index (χ4v) is 3.93. The third-order valence-corrected chi connectivity index (χ3v) is 6.16. The van der Waals surface area contributed by atoms with Crippen LogP contribution in [-0.2, 0) is 11.3 Å². The maximum absolute atomic E-state index is 5.47. The fourth-order valence-electron chi connectivity index (χ4n) is 3.93. The predicted molar refractivity (Wildman–Crippen MR) is 135 cm³/mol. The maximum atomic E-state index is 5.47. The molecule has 0 unspecified atom stereocenters. The van der Waals surface area contributed by atoms with Crippen molar-refractivity contribution in [1.29, 1.82) is 0 Å². The van der Waals surface area contributed by atoms with Crippen LogP contribution in [0.15, 0.2) is 23.3 Å². The lowest BCUT2D eigenvalue weighted by atomic mass is 9.99. The molecular formula is C22H39IN6O. The Labute approximate surface area is 199 Å². The molecular weight excluding hydrogens is 491 g/mol. The van der Waals surface area contributed by atoms with E-state index in [1.165, 1.54) is 12.8 Å². The number of aromatic nitrogens is 1. The first kappa shape index (κ1) is 25.1. The Kier molecular flexibility index (Phi) is 10.1. The number of morpholine rings is 1. The molecule has 8 heteroatoms. The average molecular weight is 530 g/mol. The van der Waals surface area contributed by atoms with Crippen molar-refractivity contribution in [3.8, 4) is 0 Å². The Morgan fingerprint density at radius 1 is 1.17 bits per heavy atom. The van der Waals surface area contributed by atoms with Gasteiger partial charge in [-0.05, 0) is 44.2 Å². The quantitative estimate of drug-likeness (QED) is 0.335. The zero-order valence-electron chi connectivity index (χ0n) is 19.0. The van der Waals surface area contributed by atoms with Crippen LogP contribution < -0.4 is 15.5 Å². The van der Waals surface area contributed by atoms with Crippen LogP contribution >= 0.6 is 24.0 Å². The van der Waals surface area contributed by atoms with Gasteiger partial charge in [0.2, 0.25) is 0 Å². The van der Waals surface area contributed by atoms with Crippen molar-refractivity contribution < 1.29 is 4.74 Å². The van der Waals surface area contributed by atoms with Crippen LogP contribution in [0.2, 0.25) is 0 Å². The summed E-state index contributed by atoms with van der Waals surface area (Å²) >= 11 is 0. The van der Waals surface area contributed by atoms with Crippen LogP contribution in [-0.4, -0.2) is 74.4 Å². The summed E-state index contributed by atoms with van der Waals surface area (Å²) in [6.07, 6.45) is 4.49. The number of rotatable bonds is 6. The number of hydrogen-bond donors (Lipinski definition) is 2. The molecule has 3 heterocycles. The molecule has 0 aliphatic carbocycles. The van der Waals surface area contributed by atoms with Gasteiger partial charge < -0.3 is 20.3 Å². The van der Waals surface area contributed by atoms with Crippen molar-refractivity contribution in [3.05, 3.63) is 23.9 Å². The van der Waals surface area contributed by atoms with Crippen LogP contribution in [0, 0.1) is 5.92 Å². The Morgan fingerprint density at radius 2 is 1.87 bits per heavy atom. The Balaban J connectivity index is 0.00000320. The number of guanidine groups is 1. The number of hydrogen-bond acceptors (Lipinski definition) is 5. The van der Waals surface area contributed by atoms with E-state index in [9.17, 15) is 0 Å². The standard InChI is InChI=1S/C22H38N6O.HI/c1-18-7-9-27(10-8-18)20-6-5-19(15-24-20)16-25-21(23-4)26-17-22(2,3)28-11-13-29-14-12-28;/h5-6,15,18H,7-14,16-17H2,1-4H3,(H2,23,25,26);1H. The van der Waals surface area contributed by atoms with Crippen molar-refractivity contribution in [2.75, 3.05) is 57.9 Å². The molecule has 0 amide bonds. The second-order valence-corrected chi connectivity index (χ2v) is 8.89. The van der Waals surface area contributed by atoms with Gasteiger partial charge in [0.05, 0.1) is 13.2 Å². The molecule has 1 aromatic heterocycles. The summed E-state index contributed by atoms with van der Waals surface area (Å²) in [4.78, 5) is 13.9. The SMILES string of the molecule is CN=C(NCc1ccc(N2CCC(C)CC2)nc1)NCC(C)(C)N1CCOCC1.I. The van der Waals surface area contributed by atoms with Gasteiger partial charge in [-0.1, -0.05) is 13.0 Å². The van der Waals surface area contributed by atoms with Crippen molar-refractivity contribution in [2.45, 2.75) is 45.7 Å². The highest BCUT2D eigenvalue weighted by molar-refractivity contribution is 14.0. The molecule has 3 rings (SSSR count). The van der Waals surface area contributed by atoms with Gasteiger partial charge in [-0.15, -0.1) is 24.0 Å². The molecule has 2 fully saturated rings.